The van der Waals surface area contributed by atoms with Crippen LogP contribution in [0.5, 0.6) is 11.5 Å². The van der Waals surface area contributed by atoms with Crippen LogP contribution in [0.3, 0.4) is 0 Å². The van der Waals surface area contributed by atoms with E-state index in [9.17, 15) is 27.2 Å². The molecular formula is C24H21F4N3O4. The lowest BCUT2D eigenvalue weighted by Gasteiger charge is -2.20. The Morgan fingerprint density at radius 1 is 1.17 bits per heavy atom. The summed E-state index contributed by atoms with van der Waals surface area (Å²) in [5.74, 6) is -1.88. The van der Waals surface area contributed by atoms with E-state index in [0.717, 1.165) is 36.6 Å². The van der Waals surface area contributed by atoms with Crippen LogP contribution in [0.2, 0.25) is 0 Å². The third-order valence-electron chi connectivity index (χ3n) is 5.47. The summed E-state index contributed by atoms with van der Waals surface area (Å²) >= 11 is 0. The molecule has 35 heavy (non-hydrogen) atoms. The van der Waals surface area contributed by atoms with E-state index in [1.165, 1.54) is 6.07 Å². The summed E-state index contributed by atoms with van der Waals surface area (Å²) in [6.07, 6.45) is -3.27. The number of hydrogen-bond donors (Lipinski definition) is 2. The number of alkyl halides is 3. The van der Waals surface area contributed by atoms with Crippen molar-refractivity contribution in [3.05, 3.63) is 87.3 Å². The number of halogens is 4. The number of nitrogens with zero attached hydrogens (tertiary/aromatic N) is 1. The largest absolute Gasteiger partial charge is 0.573 e. The Kier molecular flexibility index (Phi) is 6.77. The molecule has 1 heterocycles. The first kappa shape index (κ1) is 24.2. The van der Waals surface area contributed by atoms with Gasteiger partial charge in [0.2, 0.25) is 0 Å². The van der Waals surface area contributed by atoms with Crippen molar-refractivity contribution in [1.82, 2.24) is 15.3 Å². The summed E-state index contributed by atoms with van der Waals surface area (Å²) in [7, 11) is 1.55. The average molecular weight is 491 g/mol. The number of benzene rings is 2. The zero-order chi connectivity index (χ0) is 25.2. The Bertz CT molecular complexity index is 1270. The number of aromatic nitrogens is 2. The molecule has 1 amide bonds. The Morgan fingerprint density at radius 3 is 2.49 bits per heavy atom. The third-order valence-corrected chi connectivity index (χ3v) is 5.47. The van der Waals surface area contributed by atoms with Crippen molar-refractivity contribution >= 4 is 5.91 Å². The van der Waals surface area contributed by atoms with E-state index in [2.05, 4.69) is 20.0 Å². The van der Waals surface area contributed by atoms with Gasteiger partial charge >= 0.3 is 6.36 Å². The van der Waals surface area contributed by atoms with Gasteiger partial charge in [0.05, 0.1) is 13.2 Å². The van der Waals surface area contributed by atoms with Crippen LogP contribution in [-0.2, 0) is 6.42 Å². The number of methoxy groups -OCH3 is 1. The average Bonchev–Trinajstić information content (AvgIpc) is 3.63. The predicted molar refractivity (Wildman–Crippen MR) is 117 cm³/mol. The summed E-state index contributed by atoms with van der Waals surface area (Å²) in [5.41, 5.74) is 0.479. The van der Waals surface area contributed by atoms with E-state index in [1.807, 2.05) is 0 Å². The molecule has 0 saturated heterocycles. The van der Waals surface area contributed by atoms with Gasteiger partial charge in [-0.1, -0.05) is 18.2 Å². The van der Waals surface area contributed by atoms with Crippen molar-refractivity contribution < 1.29 is 31.8 Å². The second-order valence-corrected chi connectivity index (χ2v) is 8.13. The molecule has 0 bridgehead atoms. The summed E-state index contributed by atoms with van der Waals surface area (Å²) in [5, 5.41) is 2.74. The maximum atomic E-state index is 14.2. The van der Waals surface area contributed by atoms with E-state index in [4.69, 9.17) is 4.74 Å². The highest BCUT2D eigenvalue weighted by atomic mass is 19.4. The SMILES string of the molecule is COc1ccc(Cc2nc(C(=O)NC(c3ccc(OC(F)(F)F)c(F)c3)C3CC3)cc(=O)[nH]2)cc1. The second kappa shape index (κ2) is 9.77. The van der Waals surface area contributed by atoms with Crippen molar-refractivity contribution in [2.75, 3.05) is 7.11 Å². The zero-order valence-electron chi connectivity index (χ0n) is 18.5. The van der Waals surface area contributed by atoms with Gasteiger partial charge in [-0.15, -0.1) is 13.2 Å². The summed E-state index contributed by atoms with van der Waals surface area (Å²) in [4.78, 5) is 31.9. The molecule has 0 spiro atoms. The van der Waals surface area contributed by atoms with Gasteiger partial charge < -0.3 is 19.8 Å². The zero-order valence-corrected chi connectivity index (χ0v) is 18.5. The van der Waals surface area contributed by atoms with Crippen LogP contribution < -0.4 is 20.3 Å². The third kappa shape index (κ3) is 6.37. The molecule has 3 aromatic rings. The predicted octanol–water partition coefficient (Wildman–Crippen LogP) is 4.29. The molecule has 11 heteroatoms. The van der Waals surface area contributed by atoms with Gasteiger partial charge in [0.15, 0.2) is 11.6 Å². The van der Waals surface area contributed by atoms with E-state index < -0.39 is 35.4 Å². The first-order valence-corrected chi connectivity index (χ1v) is 10.7. The van der Waals surface area contributed by atoms with Gasteiger partial charge in [-0.05, 0) is 54.2 Å². The second-order valence-electron chi connectivity index (χ2n) is 8.13. The van der Waals surface area contributed by atoms with Gasteiger partial charge in [0.25, 0.3) is 11.5 Å². The monoisotopic (exact) mass is 491 g/mol. The van der Waals surface area contributed by atoms with Gasteiger partial charge in [-0.25, -0.2) is 9.37 Å². The van der Waals surface area contributed by atoms with Crippen LogP contribution in [-0.4, -0.2) is 29.3 Å². The van der Waals surface area contributed by atoms with E-state index in [1.54, 1.807) is 31.4 Å². The lowest BCUT2D eigenvalue weighted by atomic mass is 10.0. The highest BCUT2D eigenvalue weighted by Crippen LogP contribution is 2.42. The number of amides is 1. The van der Waals surface area contributed by atoms with E-state index in [0.29, 0.717) is 5.75 Å². The molecule has 0 aliphatic heterocycles. The van der Waals surface area contributed by atoms with E-state index in [-0.39, 0.29) is 29.4 Å². The highest BCUT2D eigenvalue weighted by molar-refractivity contribution is 5.92. The molecule has 2 aromatic carbocycles. The fourth-order valence-electron chi connectivity index (χ4n) is 3.68. The fourth-order valence-corrected chi connectivity index (χ4v) is 3.68. The van der Waals surface area contributed by atoms with Crippen LogP contribution in [0.15, 0.2) is 53.3 Å². The van der Waals surface area contributed by atoms with Crippen LogP contribution >= 0.6 is 0 Å². The molecule has 7 nitrogen and oxygen atoms in total. The molecule has 2 N–H and O–H groups in total. The molecule has 184 valence electrons. The fraction of sp³-hybridized carbons (Fsp3) is 0.292. The van der Waals surface area contributed by atoms with Gasteiger partial charge in [0, 0.05) is 12.5 Å². The van der Waals surface area contributed by atoms with Gasteiger partial charge in [-0.3, -0.25) is 9.59 Å². The van der Waals surface area contributed by atoms with Crippen molar-refractivity contribution in [2.24, 2.45) is 5.92 Å². The van der Waals surface area contributed by atoms with Crippen LogP contribution in [0.25, 0.3) is 0 Å². The minimum absolute atomic E-state index is 0.0199. The van der Waals surface area contributed by atoms with Crippen LogP contribution in [0.1, 0.15) is 46.3 Å². The number of carbonyl (C=O) groups is 1. The first-order valence-electron chi connectivity index (χ1n) is 10.7. The lowest BCUT2D eigenvalue weighted by molar-refractivity contribution is -0.275. The molecule has 1 aliphatic rings. The van der Waals surface area contributed by atoms with Crippen LogP contribution in [0, 0.1) is 11.7 Å². The summed E-state index contributed by atoms with van der Waals surface area (Å²) < 4.78 is 60.3. The number of carbonyl (C=O) groups excluding carboxylic acids is 1. The molecule has 1 unspecified atom stereocenters. The Balaban J connectivity index is 1.52. The molecule has 1 aromatic heterocycles. The number of hydrogen-bond acceptors (Lipinski definition) is 5. The molecule has 4 rings (SSSR count). The number of aromatic amines is 1. The standard InChI is InChI=1S/C24H21F4N3O4/c1-34-16-7-2-13(3-8-16)10-20-29-18(12-21(32)30-20)23(33)31-22(14-4-5-14)15-6-9-19(17(25)11-15)35-24(26,27)28/h2-3,6-9,11-12,14,22H,4-5,10H2,1H3,(H,31,33)(H,29,30,32). The highest BCUT2D eigenvalue weighted by Gasteiger charge is 2.36. The first-order chi connectivity index (χ1) is 16.6. The Morgan fingerprint density at radius 2 is 1.89 bits per heavy atom. The summed E-state index contributed by atoms with van der Waals surface area (Å²) in [6.45, 7) is 0. The maximum Gasteiger partial charge on any atom is 0.573 e. The maximum absolute atomic E-state index is 14.2. The van der Waals surface area contributed by atoms with E-state index >= 15 is 0 Å². The minimum atomic E-state index is -5.03. The number of nitrogens with one attached hydrogen (secondary N) is 2. The lowest BCUT2D eigenvalue weighted by Crippen LogP contribution is -2.32. The number of rotatable bonds is 8. The molecule has 1 aliphatic carbocycles. The molecule has 1 fully saturated rings. The molecule has 1 saturated carbocycles. The topological polar surface area (TPSA) is 93.3 Å². The van der Waals surface area contributed by atoms with Gasteiger partial charge in [-0.2, -0.15) is 0 Å². The van der Waals surface area contributed by atoms with Crippen molar-refractivity contribution in [2.45, 2.75) is 31.7 Å². The van der Waals surface area contributed by atoms with Crippen molar-refractivity contribution in [1.29, 1.82) is 0 Å². The van der Waals surface area contributed by atoms with Gasteiger partial charge in [0.1, 0.15) is 17.3 Å². The minimum Gasteiger partial charge on any atom is -0.497 e. The Labute approximate surface area is 197 Å². The molecule has 1 atom stereocenters. The Hall–Kier alpha value is -3.89. The molecular weight excluding hydrogens is 470 g/mol. The summed E-state index contributed by atoms with van der Waals surface area (Å²) in [6, 6.07) is 10.6. The van der Waals surface area contributed by atoms with Crippen LogP contribution in [0.4, 0.5) is 17.6 Å². The number of H-pyrrole nitrogens is 1. The van der Waals surface area contributed by atoms with Crippen molar-refractivity contribution in [3.8, 4) is 11.5 Å². The quantitative estimate of drug-likeness (QED) is 0.459. The molecule has 0 radical (unpaired) electrons. The van der Waals surface area contributed by atoms with Crippen molar-refractivity contribution in [3.63, 3.8) is 0 Å². The number of ether oxygens (including phenoxy) is 2. The normalized spacial score (nSPS) is 14.3. The smallest absolute Gasteiger partial charge is 0.497 e.